The summed E-state index contributed by atoms with van der Waals surface area (Å²) in [5.74, 6) is -0.369. The lowest BCUT2D eigenvalue weighted by Gasteiger charge is -2.05. The van der Waals surface area contributed by atoms with Crippen LogP contribution in [0, 0.1) is 0 Å². The number of nitrogens with one attached hydrogen (secondary N) is 2. The fraction of sp³-hybridized carbons (Fsp3) is 0.0833. The van der Waals surface area contributed by atoms with Crippen LogP contribution in [0.4, 0.5) is 0 Å². The summed E-state index contributed by atoms with van der Waals surface area (Å²) < 4.78 is 0. The second-order valence-corrected chi connectivity index (χ2v) is 3.98. The van der Waals surface area contributed by atoms with Gasteiger partial charge in [-0.2, -0.15) is 0 Å². The van der Waals surface area contributed by atoms with E-state index in [1.54, 1.807) is 6.07 Å². The normalized spacial score (nSPS) is 10.1. The van der Waals surface area contributed by atoms with Crippen molar-refractivity contribution in [2.75, 3.05) is 0 Å². The molecule has 0 atom stereocenters. The minimum atomic E-state index is -0.369. The van der Waals surface area contributed by atoms with Gasteiger partial charge in [0.15, 0.2) is 0 Å². The largest absolute Gasteiger partial charge is 0.347 e. The first-order valence-corrected chi connectivity index (χ1v) is 5.61. The Morgan fingerprint density at radius 2 is 2.17 bits per heavy atom. The molecule has 0 spiro atoms. The summed E-state index contributed by atoms with van der Waals surface area (Å²) in [5.41, 5.74) is 0.622. The first-order chi connectivity index (χ1) is 8.66. The van der Waals surface area contributed by atoms with Gasteiger partial charge in [-0.1, -0.05) is 29.8 Å². The molecule has 92 valence electrons. The SMILES string of the molecule is O=C(NCc1ccccc1Cl)c1c[nH]c(=O)cn1. The zero-order chi connectivity index (χ0) is 13.0. The maximum Gasteiger partial charge on any atom is 0.271 e. The van der Waals surface area contributed by atoms with Gasteiger partial charge in [-0.3, -0.25) is 9.59 Å². The van der Waals surface area contributed by atoms with Crippen molar-refractivity contribution in [2.45, 2.75) is 6.54 Å². The van der Waals surface area contributed by atoms with E-state index in [-0.39, 0.29) is 17.2 Å². The lowest BCUT2D eigenvalue weighted by Crippen LogP contribution is -2.25. The molecule has 2 aromatic rings. The zero-order valence-electron chi connectivity index (χ0n) is 9.31. The number of hydrogen-bond donors (Lipinski definition) is 2. The first kappa shape index (κ1) is 12.3. The Balaban J connectivity index is 2.03. The minimum absolute atomic E-state index is 0.154. The van der Waals surface area contributed by atoms with Gasteiger partial charge in [-0.15, -0.1) is 0 Å². The van der Waals surface area contributed by atoms with E-state index in [0.29, 0.717) is 11.6 Å². The average molecular weight is 264 g/mol. The summed E-state index contributed by atoms with van der Waals surface area (Å²) in [4.78, 5) is 28.6. The van der Waals surface area contributed by atoms with E-state index in [0.717, 1.165) is 11.8 Å². The third-order valence-electron chi connectivity index (χ3n) is 2.30. The Morgan fingerprint density at radius 3 is 2.83 bits per heavy atom. The predicted molar refractivity (Wildman–Crippen MR) is 67.5 cm³/mol. The highest BCUT2D eigenvalue weighted by atomic mass is 35.5. The van der Waals surface area contributed by atoms with Crippen LogP contribution in [0.3, 0.4) is 0 Å². The number of nitrogens with zero attached hydrogens (tertiary/aromatic N) is 1. The van der Waals surface area contributed by atoms with E-state index in [2.05, 4.69) is 15.3 Å². The highest BCUT2D eigenvalue weighted by Gasteiger charge is 2.07. The average Bonchev–Trinajstić information content (AvgIpc) is 2.38. The van der Waals surface area contributed by atoms with Crippen LogP contribution >= 0.6 is 11.6 Å². The van der Waals surface area contributed by atoms with E-state index in [9.17, 15) is 9.59 Å². The van der Waals surface area contributed by atoms with Gasteiger partial charge in [0.2, 0.25) is 0 Å². The third kappa shape index (κ3) is 2.95. The maximum atomic E-state index is 11.7. The Labute approximate surface area is 108 Å². The van der Waals surface area contributed by atoms with Gasteiger partial charge in [-0.05, 0) is 11.6 Å². The van der Waals surface area contributed by atoms with Crippen molar-refractivity contribution in [3.05, 3.63) is 63.3 Å². The molecular weight excluding hydrogens is 254 g/mol. The quantitative estimate of drug-likeness (QED) is 0.878. The standard InChI is InChI=1S/C12H10ClN3O2/c13-9-4-2-1-3-8(9)5-16-12(18)10-6-15-11(17)7-14-10/h1-4,6-7H,5H2,(H,15,17)(H,16,18). The molecular formula is C12H10ClN3O2. The smallest absolute Gasteiger partial charge is 0.271 e. The highest BCUT2D eigenvalue weighted by Crippen LogP contribution is 2.14. The van der Waals surface area contributed by atoms with Crippen molar-refractivity contribution in [1.82, 2.24) is 15.3 Å². The molecule has 18 heavy (non-hydrogen) atoms. The fourth-order valence-electron chi connectivity index (χ4n) is 1.37. The lowest BCUT2D eigenvalue weighted by atomic mass is 10.2. The molecule has 1 aromatic heterocycles. The van der Waals surface area contributed by atoms with Crippen LogP contribution in [0.2, 0.25) is 5.02 Å². The molecule has 0 aliphatic carbocycles. The summed E-state index contributed by atoms with van der Waals surface area (Å²) in [6.45, 7) is 0.305. The summed E-state index contributed by atoms with van der Waals surface area (Å²) in [5, 5.41) is 3.26. The molecule has 1 amide bonds. The minimum Gasteiger partial charge on any atom is -0.347 e. The Bertz CT molecular complexity index is 604. The van der Waals surface area contributed by atoms with Crippen molar-refractivity contribution in [2.24, 2.45) is 0 Å². The number of carbonyl (C=O) groups excluding carboxylic acids is 1. The van der Waals surface area contributed by atoms with Crippen LogP contribution in [0.25, 0.3) is 0 Å². The maximum absolute atomic E-state index is 11.7. The van der Waals surface area contributed by atoms with Gasteiger partial charge in [0.05, 0.1) is 6.20 Å². The third-order valence-corrected chi connectivity index (χ3v) is 2.67. The van der Waals surface area contributed by atoms with Crippen molar-refractivity contribution in [1.29, 1.82) is 0 Å². The zero-order valence-corrected chi connectivity index (χ0v) is 10.1. The van der Waals surface area contributed by atoms with Crippen LogP contribution < -0.4 is 10.9 Å². The number of H-pyrrole nitrogens is 1. The number of aromatic nitrogens is 2. The van der Waals surface area contributed by atoms with Crippen LogP contribution in [-0.4, -0.2) is 15.9 Å². The van der Waals surface area contributed by atoms with Gasteiger partial charge in [0.25, 0.3) is 11.5 Å². The van der Waals surface area contributed by atoms with Gasteiger partial charge < -0.3 is 10.3 Å². The molecule has 0 aliphatic rings. The number of rotatable bonds is 3. The molecule has 2 rings (SSSR count). The summed E-state index contributed by atoms with van der Waals surface area (Å²) in [6, 6.07) is 7.23. The van der Waals surface area contributed by atoms with Gasteiger partial charge in [-0.25, -0.2) is 4.98 Å². The topological polar surface area (TPSA) is 74.8 Å². The molecule has 6 heteroatoms. The summed E-state index contributed by atoms with van der Waals surface area (Å²) in [6.07, 6.45) is 2.33. The van der Waals surface area contributed by atoms with E-state index in [1.807, 2.05) is 18.2 Å². The van der Waals surface area contributed by atoms with Crippen molar-refractivity contribution in [3.8, 4) is 0 Å². The number of benzene rings is 1. The molecule has 0 bridgehead atoms. The molecule has 0 unspecified atom stereocenters. The highest BCUT2D eigenvalue weighted by molar-refractivity contribution is 6.31. The molecule has 0 saturated carbocycles. The number of halogens is 1. The van der Waals surface area contributed by atoms with Crippen molar-refractivity contribution >= 4 is 17.5 Å². The Hall–Kier alpha value is -2.14. The molecule has 2 N–H and O–H groups in total. The van der Waals surface area contributed by atoms with Crippen molar-refractivity contribution in [3.63, 3.8) is 0 Å². The van der Waals surface area contributed by atoms with Crippen LogP contribution in [-0.2, 0) is 6.54 Å². The Kier molecular flexibility index (Phi) is 3.74. The summed E-state index contributed by atoms with van der Waals surface area (Å²) in [7, 11) is 0. The number of carbonyl (C=O) groups is 1. The van der Waals surface area contributed by atoms with Crippen LogP contribution in [0.15, 0.2) is 41.5 Å². The van der Waals surface area contributed by atoms with Crippen LogP contribution in [0.1, 0.15) is 16.1 Å². The molecule has 0 saturated heterocycles. The predicted octanol–water partition coefficient (Wildman–Crippen LogP) is 1.35. The number of aromatic amines is 1. The second-order valence-electron chi connectivity index (χ2n) is 3.57. The molecule has 1 aromatic carbocycles. The second kappa shape index (κ2) is 5.46. The number of amides is 1. The Morgan fingerprint density at radius 1 is 1.39 bits per heavy atom. The fourth-order valence-corrected chi connectivity index (χ4v) is 1.58. The molecule has 0 radical (unpaired) electrons. The monoisotopic (exact) mass is 263 g/mol. The van der Waals surface area contributed by atoms with Crippen LogP contribution in [0.5, 0.6) is 0 Å². The molecule has 0 fully saturated rings. The first-order valence-electron chi connectivity index (χ1n) is 5.23. The van der Waals surface area contributed by atoms with E-state index < -0.39 is 0 Å². The number of hydrogen-bond acceptors (Lipinski definition) is 3. The van der Waals surface area contributed by atoms with Gasteiger partial charge in [0.1, 0.15) is 5.69 Å². The van der Waals surface area contributed by atoms with Crippen molar-refractivity contribution < 1.29 is 4.79 Å². The van der Waals surface area contributed by atoms with Gasteiger partial charge in [0, 0.05) is 17.8 Å². The van der Waals surface area contributed by atoms with Gasteiger partial charge >= 0.3 is 0 Å². The lowest BCUT2D eigenvalue weighted by molar-refractivity contribution is 0.0945. The van der Waals surface area contributed by atoms with E-state index >= 15 is 0 Å². The summed E-state index contributed by atoms with van der Waals surface area (Å²) >= 11 is 5.96. The molecule has 5 nitrogen and oxygen atoms in total. The molecule has 0 aliphatic heterocycles. The molecule has 1 heterocycles. The van der Waals surface area contributed by atoms with E-state index in [4.69, 9.17) is 11.6 Å². The van der Waals surface area contributed by atoms with E-state index in [1.165, 1.54) is 6.20 Å².